The third kappa shape index (κ3) is 9.82. The molecule has 6 heterocycles. The third-order valence-electron chi connectivity index (χ3n) is 14.5. The van der Waals surface area contributed by atoms with E-state index < -0.39 is 0 Å². The van der Waals surface area contributed by atoms with E-state index in [1.54, 1.807) is 0 Å². The Morgan fingerprint density at radius 3 is 0.803 bits per heavy atom. The summed E-state index contributed by atoms with van der Waals surface area (Å²) in [6, 6.07) is 34.7. The Kier molecular flexibility index (Phi) is 11.9. The van der Waals surface area contributed by atoms with Crippen LogP contribution in [0.3, 0.4) is 0 Å². The highest BCUT2D eigenvalue weighted by molar-refractivity contribution is 6.00. The van der Waals surface area contributed by atoms with Gasteiger partial charge in [0.15, 0.2) is 0 Å². The molecule has 2 aliphatic heterocycles. The lowest BCUT2D eigenvalue weighted by Crippen LogP contribution is -2.16. The van der Waals surface area contributed by atoms with Gasteiger partial charge in [-0.15, -0.1) is 0 Å². The number of hydrogen-bond acceptors (Lipinski definition) is 2. The minimum atomic E-state index is -0.0869. The molecule has 3 aromatic carbocycles. The van der Waals surface area contributed by atoms with Gasteiger partial charge in [0.05, 0.1) is 28.3 Å². The molecule has 0 fully saturated rings. The van der Waals surface area contributed by atoms with Gasteiger partial charge in [-0.1, -0.05) is 179 Å². The number of benzene rings is 3. The first kappa shape index (κ1) is 49.5. The molecular formula is C66H77N5. The molecule has 5 heteroatoms. The van der Waals surface area contributed by atoms with Crippen LogP contribution in [0.1, 0.15) is 181 Å². The van der Waals surface area contributed by atoms with Crippen molar-refractivity contribution in [3.8, 4) is 44.6 Å². The monoisotopic (exact) mass is 940 g/mol. The van der Waals surface area contributed by atoms with Gasteiger partial charge in [-0.2, -0.15) is 0 Å². The Morgan fingerprint density at radius 1 is 0.310 bits per heavy atom. The van der Waals surface area contributed by atoms with Gasteiger partial charge in [0, 0.05) is 50.7 Å². The van der Waals surface area contributed by atoms with Crippen molar-refractivity contribution in [2.45, 2.75) is 157 Å². The average Bonchev–Trinajstić information content (AvgIpc) is 4.13. The molecule has 0 saturated heterocycles. The molecule has 0 amide bonds. The number of rotatable bonds is 4. The molecule has 2 aliphatic rings. The number of aromatic nitrogens is 5. The zero-order valence-corrected chi connectivity index (χ0v) is 45.9. The molecule has 8 bridgehead atoms. The molecule has 0 atom stereocenters. The first-order chi connectivity index (χ1) is 32.9. The highest BCUT2D eigenvalue weighted by Gasteiger charge is 2.28. The summed E-state index contributed by atoms with van der Waals surface area (Å²) in [6.07, 6.45) is 10.9. The van der Waals surface area contributed by atoms with E-state index in [9.17, 15) is 0 Å². The van der Waals surface area contributed by atoms with Gasteiger partial charge < -0.3 is 15.0 Å². The second-order valence-corrected chi connectivity index (χ2v) is 26.5. The maximum absolute atomic E-state index is 5.78. The molecule has 366 valence electrons. The first-order valence-corrected chi connectivity index (χ1v) is 25.7. The molecule has 7 aromatic rings. The molecule has 71 heavy (non-hydrogen) atoms. The summed E-state index contributed by atoms with van der Waals surface area (Å²) in [5.74, 6) is 0. The fraction of sp³-hybridized carbons (Fsp3) is 0.364. The van der Waals surface area contributed by atoms with Crippen molar-refractivity contribution in [3.63, 3.8) is 0 Å². The zero-order valence-electron chi connectivity index (χ0n) is 45.9. The predicted octanol–water partition coefficient (Wildman–Crippen LogP) is 18.4. The van der Waals surface area contributed by atoms with Crippen LogP contribution in [-0.2, 0) is 32.5 Å². The predicted molar refractivity (Wildman–Crippen MR) is 307 cm³/mol. The number of nitrogens with zero attached hydrogens (tertiary/aromatic N) is 2. The van der Waals surface area contributed by atoms with Gasteiger partial charge in [0.1, 0.15) is 0 Å². The minimum absolute atomic E-state index is 0.0799. The van der Waals surface area contributed by atoms with Gasteiger partial charge in [-0.25, -0.2) is 9.97 Å². The maximum atomic E-state index is 5.78. The van der Waals surface area contributed by atoms with E-state index in [4.69, 9.17) is 9.97 Å². The highest BCUT2D eigenvalue weighted by Crippen LogP contribution is 2.43. The lowest BCUT2D eigenvalue weighted by molar-refractivity contribution is 0.568. The molecule has 0 aliphatic carbocycles. The lowest BCUT2D eigenvalue weighted by Gasteiger charge is -2.26. The van der Waals surface area contributed by atoms with Crippen LogP contribution in [0.25, 0.3) is 91.0 Å². The molecular weight excluding hydrogens is 863 g/mol. The standard InChI is InChI=1S/C66H77N5/c1-61(2,3)42-30-39(31-43(36-42)62(4,5)6)57-49-21-23-51(68-49)58(40-32-44(63(7,8)9)37-45(33-40)64(10,11)12)53-25-27-55(70-53)60(48-20-19-29-67-48)56-28-26-54(71-56)59(52-24-22-50(57)69-52)41-34-46(65(13,14)15)38-47(35-41)66(16,17)18/h19-38,67-68,71H,1-18H3. The summed E-state index contributed by atoms with van der Waals surface area (Å²) in [4.78, 5) is 23.0. The van der Waals surface area contributed by atoms with Crippen LogP contribution in [0.4, 0.5) is 0 Å². The molecule has 0 radical (unpaired) electrons. The van der Waals surface area contributed by atoms with E-state index in [1.165, 1.54) is 33.4 Å². The van der Waals surface area contributed by atoms with Crippen molar-refractivity contribution in [1.29, 1.82) is 0 Å². The highest BCUT2D eigenvalue weighted by atomic mass is 14.8. The Balaban J connectivity index is 1.52. The van der Waals surface area contributed by atoms with E-state index in [1.807, 2.05) is 6.20 Å². The lowest BCUT2D eigenvalue weighted by atomic mass is 9.78. The van der Waals surface area contributed by atoms with Crippen molar-refractivity contribution in [3.05, 3.63) is 153 Å². The van der Waals surface area contributed by atoms with Gasteiger partial charge >= 0.3 is 0 Å². The summed E-state index contributed by atoms with van der Waals surface area (Å²) in [5.41, 5.74) is 23.4. The van der Waals surface area contributed by atoms with Crippen LogP contribution in [0.15, 0.2) is 97.2 Å². The van der Waals surface area contributed by atoms with Crippen molar-refractivity contribution in [2.24, 2.45) is 0 Å². The van der Waals surface area contributed by atoms with Crippen LogP contribution in [0.5, 0.6) is 0 Å². The number of nitrogens with one attached hydrogen (secondary N) is 3. The van der Waals surface area contributed by atoms with Gasteiger partial charge in [-0.05, 0) is 143 Å². The van der Waals surface area contributed by atoms with Gasteiger partial charge in [-0.3, -0.25) is 0 Å². The van der Waals surface area contributed by atoms with Crippen molar-refractivity contribution < 1.29 is 0 Å². The maximum Gasteiger partial charge on any atom is 0.0752 e. The molecule has 0 unspecified atom stereocenters. The van der Waals surface area contributed by atoms with E-state index >= 15 is 0 Å². The quantitative estimate of drug-likeness (QED) is 0.164. The van der Waals surface area contributed by atoms with Gasteiger partial charge in [0.25, 0.3) is 0 Å². The van der Waals surface area contributed by atoms with Crippen molar-refractivity contribution >= 4 is 46.4 Å². The topological polar surface area (TPSA) is 73.2 Å². The van der Waals surface area contributed by atoms with Crippen molar-refractivity contribution in [1.82, 2.24) is 24.9 Å². The molecule has 4 aromatic heterocycles. The second kappa shape index (κ2) is 17.1. The SMILES string of the molecule is CC(C)(C)c1cc(-c2c3nc(c(-c4cc(C(C)(C)C)cc(C(C)(C)C)c4)c4ccc([nH]4)c(-c4ccc[nH]4)c4nc(c(-c5cc(C(C)(C)C)cc(C(C)(C)C)c5)c5ccc2[nH]5)C=C4)C=C3)cc(C(C)(C)C)c1. The Morgan fingerprint density at radius 2 is 0.563 bits per heavy atom. The summed E-state index contributed by atoms with van der Waals surface area (Å²) in [7, 11) is 0. The van der Waals surface area contributed by atoms with E-state index in [0.717, 1.165) is 89.5 Å². The van der Waals surface area contributed by atoms with E-state index in [-0.39, 0.29) is 32.5 Å². The van der Waals surface area contributed by atoms with Crippen molar-refractivity contribution in [2.75, 3.05) is 0 Å². The average molecular weight is 940 g/mol. The number of aromatic amines is 3. The minimum Gasteiger partial charge on any atom is -0.361 e. The fourth-order valence-electron chi connectivity index (χ4n) is 9.80. The first-order valence-electron chi connectivity index (χ1n) is 25.7. The van der Waals surface area contributed by atoms with Crippen LogP contribution in [-0.4, -0.2) is 24.9 Å². The Hall–Kier alpha value is -6.46. The van der Waals surface area contributed by atoms with E-state index in [0.29, 0.717) is 0 Å². The molecule has 0 saturated carbocycles. The van der Waals surface area contributed by atoms with E-state index in [2.05, 4.69) is 255 Å². The molecule has 3 N–H and O–H groups in total. The fourth-order valence-corrected chi connectivity index (χ4v) is 9.80. The van der Waals surface area contributed by atoms with Crippen LogP contribution < -0.4 is 0 Å². The Labute approximate surface area is 424 Å². The smallest absolute Gasteiger partial charge is 0.0752 e. The van der Waals surface area contributed by atoms with Crippen LogP contribution in [0, 0.1) is 0 Å². The summed E-state index contributed by atoms with van der Waals surface area (Å²) >= 11 is 0. The molecule has 0 spiro atoms. The number of fused-ring (bicyclic) bond motifs is 8. The molecule has 9 rings (SSSR count). The largest absolute Gasteiger partial charge is 0.361 e. The zero-order chi connectivity index (χ0) is 51.4. The Bertz CT molecular complexity index is 3270. The number of hydrogen-bond donors (Lipinski definition) is 3. The summed E-state index contributed by atoms with van der Waals surface area (Å²) in [6.45, 7) is 41.6. The van der Waals surface area contributed by atoms with Crippen LogP contribution >= 0.6 is 0 Å². The van der Waals surface area contributed by atoms with Crippen LogP contribution in [0.2, 0.25) is 0 Å². The molecule has 5 nitrogen and oxygen atoms in total. The number of H-pyrrole nitrogens is 3. The summed E-state index contributed by atoms with van der Waals surface area (Å²) < 4.78 is 0. The van der Waals surface area contributed by atoms with Gasteiger partial charge in [0.2, 0.25) is 0 Å². The third-order valence-corrected chi connectivity index (χ3v) is 14.5. The summed E-state index contributed by atoms with van der Waals surface area (Å²) in [5, 5.41) is 0. The normalized spacial score (nSPS) is 13.7. The second-order valence-electron chi connectivity index (χ2n) is 26.5.